The molecule has 2 aromatic rings. The maximum absolute atomic E-state index is 14.2. The molecule has 2 rings (SSSR count). The van der Waals surface area contributed by atoms with Gasteiger partial charge in [-0.15, -0.1) is 0 Å². The van der Waals surface area contributed by atoms with Crippen molar-refractivity contribution in [1.82, 2.24) is 0 Å². The molecule has 0 spiro atoms. The van der Waals surface area contributed by atoms with Crippen LogP contribution >= 0.6 is 11.6 Å². The van der Waals surface area contributed by atoms with Crippen LogP contribution in [0.15, 0.2) is 42.5 Å². The molecule has 0 aliphatic heterocycles. The van der Waals surface area contributed by atoms with Gasteiger partial charge in [0.15, 0.2) is 0 Å². The lowest BCUT2D eigenvalue weighted by molar-refractivity contribution is 0.199. The van der Waals surface area contributed by atoms with Crippen LogP contribution in [-0.4, -0.2) is 12.2 Å². The third-order valence-electron chi connectivity index (χ3n) is 3.75. The smallest absolute Gasteiger partial charge is 0.146 e. The van der Waals surface area contributed by atoms with Crippen LogP contribution in [0.1, 0.15) is 37.1 Å². The van der Waals surface area contributed by atoms with Gasteiger partial charge in [-0.2, -0.15) is 0 Å². The number of aliphatic hydroxyl groups is 1. The maximum Gasteiger partial charge on any atom is 0.146 e. The van der Waals surface area contributed by atoms with E-state index in [4.69, 9.17) is 11.6 Å². The summed E-state index contributed by atoms with van der Waals surface area (Å²) in [4.78, 5) is 1.85. The Kier molecular flexibility index (Phi) is 4.86. The highest BCUT2D eigenvalue weighted by Crippen LogP contribution is 2.30. The van der Waals surface area contributed by atoms with Gasteiger partial charge >= 0.3 is 0 Å². The summed E-state index contributed by atoms with van der Waals surface area (Å²) < 4.78 is 14.2. The van der Waals surface area contributed by atoms with E-state index in [1.807, 2.05) is 43.1 Å². The van der Waals surface area contributed by atoms with Crippen molar-refractivity contribution in [1.29, 1.82) is 0 Å². The molecule has 0 aliphatic rings. The highest BCUT2D eigenvalue weighted by molar-refractivity contribution is 6.30. The molecule has 0 heterocycles. The Morgan fingerprint density at radius 1 is 1.10 bits per heavy atom. The summed E-state index contributed by atoms with van der Waals surface area (Å²) in [6.07, 6.45) is -0.677. The number of hydrogen-bond acceptors (Lipinski definition) is 2. The van der Waals surface area contributed by atoms with Gasteiger partial charge in [0.25, 0.3) is 0 Å². The van der Waals surface area contributed by atoms with E-state index in [1.54, 1.807) is 19.1 Å². The summed E-state index contributed by atoms with van der Waals surface area (Å²) in [7, 11) is 1.84. The van der Waals surface area contributed by atoms with Gasteiger partial charge in [0.2, 0.25) is 0 Å². The zero-order valence-corrected chi connectivity index (χ0v) is 13.1. The predicted molar refractivity (Wildman–Crippen MR) is 85.3 cm³/mol. The fourth-order valence-corrected chi connectivity index (χ4v) is 2.47. The van der Waals surface area contributed by atoms with E-state index in [0.29, 0.717) is 16.3 Å². The highest BCUT2D eigenvalue weighted by atomic mass is 35.5. The van der Waals surface area contributed by atoms with Gasteiger partial charge < -0.3 is 10.0 Å². The van der Waals surface area contributed by atoms with Crippen LogP contribution in [0.5, 0.6) is 0 Å². The second kappa shape index (κ2) is 6.46. The molecule has 2 nitrogen and oxygen atoms in total. The molecule has 1 unspecified atom stereocenters. The van der Waals surface area contributed by atoms with E-state index in [1.165, 1.54) is 6.07 Å². The van der Waals surface area contributed by atoms with Crippen molar-refractivity contribution in [3.63, 3.8) is 0 Å². The minimum Gasteiger partial charge on any atom is -0.389 e. The van der Waals surface area contributed by atoms with Crippen LogP contribution in [0.3, 0.4) is 0 Å². The topological polar surface area (TPSA) is 23.5 Å². The van der Waals surface area contributed by atoms with Crippen LogP contribution < -0.4 is 4.90 Å². The molecule has 2 atom stereocenters. The first-order chi connectivity index (χ1) is 9.90. The van der Waals surface area contributed by atoms with Crippen LogP contribution in [0.2, 0.25) is 5.02 Å². The van der Waals surface area contributed by atoms with Crippen molar-refractivity contribution >= 4 is 17.3 Å². The zero-order chi connectivity index (χ0) is 15.6. The van der Waals surface area contributed by atoms with Gasteiger partial charge in [-0.3, -0.25) is 0 Å². The van der Waals surface area contributed by atoms with E-state index in [9.17, 15) is 9.50 Å². The summed E-state index contributed by atoms with van der Waals surface area (Å²) in [6.45, 7) is 3.61. The van der Waals surface area contributed by atoms with Gasteiger partial charge in [0, 0.05) is 12.1 Å². The normalized spacial score (nSPS) is 13.8. The molecular formula is C17H19ClFNO. The molecule has 4 heteroatoms. The second-order valence-electron chi connectivity index (χ2n) is 5.23. The summed E-state index contributed by atoms with van der Waals surface area (Å²) in [5.41, 5.74) is 2.08. The first-order valence-corrected chi connectivity index (χ1v) is 7.23. The first-order valence-electron chi connectivity index (χ1n) is 6.86. The Hall–Kier alpha value is -1.58. The largest absolute Gasteiger partial charge is 0.389 e. The summed E-state index contributed by atoms with van der Waals surface area (Å²) in [5.74, 6) is -0.343. The molecule has 0 saturated carbocycles. The molecule has 112 valence electrons. The molecule has 0 bridgehead atoms. The first kappa shape index (κ1) is 15.8. The van der Waals surface area contributed by atoms with Gasteiger partial charge in [-0.25, -0.2) is 4.39 Å². The van der Waals surface area contributed by atoms with Crippen LogP contribution in [0.4, 0.5) is 10.1 Å². The van der Waals surface area contributed by atoms with Crippen molar-refractivity contribution in [2.45, 2.75) is 26.0 Å². The third-order valence-corrected chi connectivity index (χ3v) is 3.98. The molecule has 0 radical (unpaired) electrons. The highest BCUT2D eigenvalue weighted by Gasteiger charge is 2.17. The Morgan fingerprint density at radius 3 is 2.38 bits per heavy atom. The zero-order valence-electron chi connectivity index (χ0n) is 12.3. The monoisotopic (exact) mass is 307 g/mol. The number of halogens is 2. The molecule has 0 aromatic heterocycles. The predicted octanol–water partition coefficient (Wildman–Crippen LogP) is 4.73. The minimum absolute atomic E-state index is 0.0180. The van der Waals surface area contributed by atoms with Crippen molar-refractivity contribution in [2.75, 3.05) is 11.9 Å². The summed E-state index contributed by atoms with van der Waals surface area (Å²) >= 11 is 6.01. The number of aliphatic hydroxyl groups excluding tert-OH is 1. The molecule has 0 aliphatic carbocycles. The molecular weight excluding hydrogens is 289 g/mol. The van der Waals surface area contributed by atoms with Gasteiger partial charge in [0.05, 0.1) is 17.8 Å². The van der Waals surface area contributed by atoms with Crippen LogP contribution in [-0.2, 0) is 0 Å². The average Bonchev–Trinajstić information content (AvgIpc) is 2.45. The molecule has 21 heavy (non-hydrogen) atoms. The van der Waals surface area contributed by atoms with Crippen molar-refractivity contribution < 1.29 is 9.50 Å². The molecule has 2 aromatic carbocycles. The van der Waals surface area contributed by atoms with E-state index < -0.39 is 6.10 Å². The SMILES string of the molecule is CC(c1cccc(Cl)c1)N(C)c1ccc([C@@H](C)O)cc1F. The Morgan fingerprint density at radius 2 is 1.81 bits per heavy atom. The minimum atomic E-state index is -0.677. The fourth-order valence-electron chi connectivity index (χ4n) is 2.27. The summed E-state index contributed by atoms with van der Waals surface area (Å²) in [5, 5.41) is 10.2. The van der Waals surface area contributed by atoms with Crippen molar-refractivity contribution in [2.24, 2.45) is 0 Å². The number of rotatable bonds is 4. The standard InChI is InChI=1S/C17H19ClFNO/c1-11(13-5-4-6-15(18)9-13)20(3)17-8-7-14(12(2)21)10-16(17)19/h4-12,21H,1-3H3/t11?,12-/m1/s1. The second-order valence-corrected chi connectivity index (χ2v) is 5.67. The quantitative estimate of drug-likeness (QED) is 0.882. The number of benzene rings is 2. The van der Waals surface area contributed by atoms with Crippen molar-refractivity contribution in [3.8, 4) is 0 Å². The summed E-state index contributed by atoms with van der Waals surface area (Å²) in [6, 6.07) is 12.3. The van der Waals surface area contributed by atoms with Crippen molar-refractivity contribution in [3.05, 3.63) is 64.4 Å². The number of hydrogen-bond donors (Lipinski definition) is 1. The lowest BCUT2D eigenvalue weighted by Gasteiger charge is -2.28. The van der Waals surface area contributed by atoms with Crippen LogP contribution in [0.25, 0.3) is 0 Å². The lowest BCUT2D eigenvalue weighted by Crippen LogP contribution is -2.22. The van der Waals surface area contributed by atoms with E-state index in [2.05, 4.69) is 0 Å². The molecule has 0 amide bonds. The Labute approximate surface area is 129 Å². The molecule has 0 saturated heterocycles. The van der Waals surface area contributed by atoms with Crippen LogP contribution in [0, 0.1) is 5.82 Å². The van der Waals surface area contributed by atoms with Gasteiger partial charge in [-0.1, -0.05) is 29.8 Å². The van der Waals surface area contributed by atoms with E-state index in [0.717, 1.165) is 5.56 Å². The fraction of sp³-hybridized carbons (Fsp3) is 0.294. The number of anilines is 1. The molecule has 0 fully saturated rings. The number of nitrogens with zero attached hydrogens (tertiary/aromatic N) is 1. The van der Waals surface area contributed by atoms with Gasteiger partial charge in [0.1, 0.15) is 5.82 Å². The maximum atomic E-state index is 14.2. The third kappa shape index (κ3) is 3.55. The van der Waals surface area contributed by atoms with E-state index in [-0.39, 0.29) is 11.9 Å². The molecule has 1 N–H and O–H groups in total. The Balaban J connectivity index is 2.29. The lowest BCUT2D eigenvalue weighted by atomic mass is 10.1. The van der Waals surface area contributed by atoms with E-state index >= 15 is 0 Å². The Bertz CT molecular complexity index is 630. The van der Waals surface area contributed by atoms with Gasteiger partial charge in [-0.05, 0) is 49.2 Å². The average molecular weight is 308 g/mol.